The number of rotatable bonds is 3. The number of aromatic amines is 1. The Bertz CT molecular complexity index is 1140. The first-order valence-corrected chi connectivity index (χ1v) is 7.91. The Labute approximate surface area is 134 Å². The third-order valence-electron chi connectivity index (χ3n) is 3.38. The van der Waals surface area contributed by atoms with Crippen LogP contribution in [0.25, 0.3) is 16.5 Å². The van der Waals surface area contributed by atoms with E-state index in [4.69, 9.17) is 5.11 Å². The molecule has 3 rings (SSSR count). The molecule has 0 aliphatic carbocycles. The number of aromatic hydroxyl groups is 1. The number of benzene rings is 2. The largest absolute Gasteiger partial charge is 0.508 e. The molecule has 10 heteroatoms. The predicted octanol–water partition coefficient (Wildman–Crippen LogP) is 0.969. The Hall–Kier alpha value is -3.11. The molecule has 9 nitrogen and oxygen atoms in total. The maximum Gasteiger partial charge on any atom is 0.353 e. The number of aromatic nitrogens is 2. The van der Waals surface area contributed by atoms with E-state index in [1.54, 1.807) is 0 Å². The highest BCUT2D eigenvalue weighted by atomic mass is 32.2. The molecular weight excluding hydrogens is 340 g/mol. The van der Waals surface area contributed by atoms with Crippen LogP contribution < -0.4 is 5.56 Å². The highest BCUT2D eigenvalue weighted by molar-refractivity contribution is 7.85. The Morgan fingerprint density at radius 3 is 2.42 bits per heavy atom. The maximum absolute atomic E-state index is 12.0. The van der Waals surface area contributed by atoms with Crippen molar-refractivity contribution in [3.63, 3.8) is 0 Å². The molecule has 0 aliphatic heterocycles. The topological polar surface area (TPSA) is 150 Å². The SMILES string of the molecule is O=C(O)c1cc(=O)n(-c2cc(S(=O)(=O)O)cc3ccc(O)cc23)[nH]1. The van der Waals surface area contributed by atoms with Gasteiger partial charge < -0.3 is 10.2 Å². The number of nitrogens with zero attached hydrogens (tertiary/aromatic N) is 1. The summed E-state index contributed by atoms with van der Waals surface area (Å²) in [5.74, 6) is -1.51. The summed E-state index contributed by atoms with van der Waals surface area (Å²) < 4.78 is 33.0. The number of carboxylic acids is 1. The van der Waals surface area contributed by atoms with Gasteiger partial charge in [-0.1, -0.05) is 6.07 Å². The average molecular weight is 350 g/mol. The molecule has 0 unspecified atom stereocenters. The summed E-state index contributed by atoms with van der Waals surface area (Å²) in [6.07, 6.45) is 0. The zero-order valence-electron chi connectivity index (χ0n) is 11.8. The summed E-state index contributed by atoms with van der Waals surface area (Å²) in [6, 6.07) is 6.98. The van der Waals surface area contributed by atoms with Crippen molar-refractivity contribution >= 4 is 26.9 Å². The van der Waals surface area contributed by atoms with Crippen LogP contribution in [-0.2, 0) is 10.1 Å². The third-order valence-corrected chi connectivity index (χ3v) is 4.21. The molecule has 0 aliphatic rings. The second-order valence-electron chi connectivity index (χ2n) is 4.97. The predicted molar refractivity (Wildman–Crippen MR) is 82.3 cm³/mol. The average Bonchev–Trinajstić information content (AvgIpc) is 2.87. The van der Waals surface area contributed by atoms with Gasteiger partial charge in [0.15, 0.2) is 0 Å². The minimum atomic E-state index is -4.57. The summed E-state index contributed by atoms with van der Waals surface area (Å²) >= 11 is 0. The van der Waals surface area contributed by atoms with Gasteiger partial charge in [0.2, 0.25) is 0 Å². The van der Waals surface area contributed by atoms with E-state index in [-0.39, 0.29) is 16.8 Å². The number of nitrogens with one attached hydrogen (secondary N) is 1. The van der Waals surface area contributed by atoms with Crippen molar-refractivity contribution in [1.82, 2.24) is 9.78 Å². The molecule has 4 N–H and O–H groups in total. The Morgan fingerprint density at radius 2 is 1.83 bits per heavy atom. The van der Waals surface area contributed by atoms with Gasteiger partial charge in [0, 0.05) is 11.5 Å². The van der Waals surface area contributed by atoms with E-state index in [9.17, 15) is 27.7 Å². The fourth-order valence-corrected chi connectivity index (χ4v) is 2.85. The van der Waals surface area contributed by atoms with Crippen molar-refractivity contribution in [3.05, 3.63) is 52.4 Å². The van der Waals surface area contributed by atoms with Crippen molar-refractivity contribution < 1.29 is 28.0 Å². The van der Waals surface area contributed by atoms with E-state index in [0.717, 1.165) is 16.8 Å². The number of carboxylic acid groups (broad SMARTS) is 1. The van der Waals surface area contributed by atoms with Crippen LogP contribution in [0.15, 0.2) is 46.1 Å². The molecule has 0 bridgehead atoms. The second-order valence-corrected chi connectivity index (χ2v) is 6.39. The van der Waals surface area contributed by atoms with Crippen molar-refractivity contribution in [2.75, 3.05) is 0 Å². The summed E-state index contributed by atoms with van der Waals surface area (Å²) in [6.45, 7) is 0. The van der Waals surface area contributed by atoms with Gasteiger partial charge in [-0.2, -0.15) is 8.42 Å². The van der Waals surface area contributed by atoms with E-state index < -0.39 is 32.2 Å². The number of aromatic carboxylic acids is 1. The van der Waals surface area contributed by atoms with Gasteiger partial charge in [-0.3, -0.25) is 14.4 Å². The van der Waals surface area contributed by atoms with Gasteiger partial charge in [0.25, 0.3) is 15.7 Å². The van der Waals surface area contributed by atoms with Crippen LogP contribution in [0.1, 0.15) is 10.5 Å². The smallest absolute Gasteiger partial charge is 0.353 e. The number of carbonyl (C=O) groups is 1. The standard InChI is InChI=1S/C14H10N2O7S/c17-8-2-1-7-3-9(24(21,22)23)5-12(10(7)4-8)16-13(18)6-11(15-16)14(19)20/h1-6,15,17H,(H,19,20)(H,21,22,23). The van der Waals surface area contributed by atoms with Crippen LogP contribution in [-0.4, -0.2) is 38.9 Å². The molecule has 1 aromatic heterocycles. The maximum atomic E-state index is 12.0. The van der Waals surface area contributed by atoms with E-state index in [1.165, 1.54) is 24.3 Å². The minimum absolute atomic E-state index is 0.0338. The molecule has 0 saturated heterocycles. The zero-order valence-corrected chi connectivity index (χ0v) is 12.6. The molecule has 1 heterocycles. The second kappa shape index (κ2) is 5.22. The van der Waals surface area contributed by atoms with Gasteiger partial charge in [-0.15, -0.1) is 0 Å². The van der Waals surface area contributed by atoms with E-state index >= 15 is 0 Å². The zero-order chi connectivity index (χ0) is 17.6. The molecule has 0 atom stereocenters. The molecule has 0 fully saturated rings. The summed E-state index contributed by atoms with van der Waals surface area (Å²) in [5.41, 5.74) is -1.18. The van der Waals surface area contributed by atoms with Crippen LogP contribution in [0.4, 0.5) is 0 Å². The van der Waals surface area contributed by atoms with E-state index in [0.29, 0.717) is 5.39 Å². The van der Waals surface area contributed by atoms with Crippen molar-refractivity contribution in [2.45, 2.75) is 4.90 Å². The van der Waals surface area contributed by atoms with Gasteiger partial charge in [-0.25, -0.2) is 9.48 Å². The number of hydrogen-bond acceptors (Lipinski definition) is 5. The lowest BCUT2D eigenvalue weighted by molar-refractivity contribution is 0.0690. The van der Waals surface area contributed by atoms with Crippen LogP contribution in [0.2, 0.25) is 0 Å². The number of H-pyrrole nitrogens is 1. The highest BCUT2D eigenvalue weighted by Crippen LogP contribution is 2.28. The lowest BCUT2D eigenvalue weighted by Gasteiger charge is -2.10. The number of phenolic OH excluding ortho intramolecular Hbond substituents is 1. The number of fused-ring (bicyclic) bond motifs is 1. The Balaban J connectivity index is 2.43. The summed E-state index contributed by atoms with van der Waals surface area (Å²) in [4.78, 5) is 22.5. The van der Waals surface area contributed by atoms with Gasteiger partial charge in [-0.05, 0) is 29.7 Å². The van der Waals surface area contributed by atoms with Gasteiger partial charge in [0.05, 0.1) is 10.6 Å². The van der Waals surface area contributed by atoms with Crippen LogP contribution in [0.3, 0.4) is 0 Å². The summed E-state index contributed by atoms with van der Waals surface area (Å²) in [5, 5.41) is 21.5. The molecule has 0 spiro atoms. The fraction of sp³-hybridized carbons (Fsp3) is 0. The lowest BCUT2D eigenvalue weighted by atomic mass is 10.1. The molecule has 0 saturated carbocycles. The minimum Gasteiger partial charge on any atom is -0.508 e. The van der Waals surface area contributed by atoms with E-state index in [2.05, 4.69) is 5.10 Å². The quantitative estimate of drug-likeness (QED) is 0.514. The number of hydrogen-bond donors (Lipinski definition) is 4. The Morgan fingerprint density at radius 1 is 1.12 bits per heavy atom. The van der Waals surface area contributed by atoms with Crippen molar-refractivity contribution in [2.24, 2.45) is 0 Å². The van der Waals surface area contributed by atoms with Gasteiger partial charge in [0.1, 0.15) is 11.4 Å². The molecule has 0 amide bonds. The highest BCUT2D eigenvalue weighted by Gasteiger charge is 2.18. The molecule has 124 valence electrons. The van der Waals surface area contributed by atoms with E-state index in [1.807, 2.05) is 0 Å². The molecular formula is C14H10N2O7S. The normalized spacial score (nSPS) is 11.7. The Kier molecular flexibility index (Phi) is 3.43. The van der Waals surface area contributed by atoms with Crippen LogP contribution >= 0.6 is 0 Å². The number of phenols is 1. The molecule has 0 radical (unpaired) electrons. The third kappa shape index (κ3) is 2.64. The molecule has 3 aromatic rings. The van der Waals surface area contributed by atoms with Crippen LogP contribution in [0, 0.1) is 0 Å². The van der Waals surface area contributed by atoms with Crippen molar-refractivity contribution in [3.8, 4) is 11.4 Å². The fourth-order valence-electron chi connectivity index (χ4n) is 2.32. The summed E-state index contributed by atoms with van der Waals surface area (Å²) in [7, 11) is -4.57. The van der Waals surface area contributed by atoms with Crippen LogP contribution in [0.5, 0.6) is 5.75 Å². The first kappa shape index (κ1) is 15.8. The monoisotopic (exact) mass is 350 g/mol. The molecule has 2 aromatic carbocycles. The first-order valence-electron chi connectivity index (χ1n) is 6.47. The first-order chi connectivity index (χ1) is 11.2. The lowest BCUT2D eigenvalue weighted by Crippen LogP contribution is -2.14. The molecule has 24 heavy (non-hydrogen) atoms. The van der Waals surface area contributed by atoms with Gasteiger partial charge >= 0.3 is 5.97 Å². The van der Waals surface area contributed by atoms with Crippen molar-refractivity contribution in [1.29, 1.82) is 0 Å².